The van der Waals surface area contributed by atoms with Crippen LogP contribution in [0, 0.1) is 0 Å². The van der Waals surface area contributed by atoms with Crippen LogP contribution >= 0.6 is 0 Å². The molecule has 1 atom stereocenters. The number of rotatable bonds is 2. The van der Waals surface area contributed by atoms with Crippen molar-refractivity contribution in [2.24, 2.45) is 0 Å². The number of Topliss-reactive ketones (excluding diaryl/α,β-unsaturated/α-hetero) is 1. The highest BCUT2D eigenvalue weighted by Gasteiger charge is 2.43. The Bertz CT molecular complexity index is 564. The number of benzene rings is 1. The van der Waals surface area contributed by atoms with E-state index in [1.807, 2.05) is 24.3 Å². The Balaban J connectivity index is 1.89. The summed E-state index contributed by atoms with van der Waals surface area (Å²) >= 11 is 0. The molecular formula is C16H21N3O2. The zero-order valence-electron chi connectivity index (χ0n) is 12.6. The number of fused-ring (bicyclic) bond motifs is 1. The van der Waals surface area contributed by atoms with Gasteiger partial charge < -0.3 is 4.90 Å². The first-order chi connectivity index (χ1) is 10.1. The van der Waals surface area contributed by atoms with Crippen LogP contribution in [0.5, 0.6) is 0 Å². The largest absolute Gasteiger partial charge is 0.301 e. The average molecular weight is 287 g/mol. The third kappa shape index (κ3) is 2.36. The van der Waals surface area contributed by atoms with Gasteiger partial charge in [0.1, 0.15) is 0 Å². The molecule has 2 aliphatic rings. The lowest BCUT2D eigenvalue weighted by Crippen LogP contribution is -2.57. The molecule has 0 aromatic heterocycles. The highest BCUT2D eigenvalue weighted by Crippen LogP contribution is 2.33. The summed E-state index contributed by atoms with van der Waals surface area (Å²) in [6, 6.07) is 7.40. The molecular weight excluding hydrogens is 266 g/mol. The maximum Gasteiger partial charge on any atom is 0.225 e. The molecule has 1 unspecified atom stereocenters. The predicted octanol–water partition coefficient (Wildman–Crippen LogP) is 1.20. The first-order valence-electron chi connectivity index (χ1n) is 7.53. The van der Waals surface area contributed by atoms with Gasteiger partial charge in [0.2, 0.25) is 11.7 Å². The highest BCUT2D eigenvalue weighted by molar-refractivity contribution is 6.17. The third-order valence-electron chi connectivity index (χ3n) is 4.45. The van der Waals surface area contributed by atoms with E-state index in [4.69, 9.17) is 0 Å². The normalized spacial score (nSPS) is 23.4. The zero-order valence-corrected chi connectivity index (χ0v) is 12.6. The lowest BCUT2D eigenvalue weighted by atomic mass is 10.1. The van der Waals surface area contributed by atoms with E-state index in [9.17, 15) is 9.59 Å². The fourth-order valence-electron chi connectivity index (χ4n) is 3.28. The maximum atomic E-state index is 12.7. The zero-order chi connectivity index (χ0) is 15.0. The van der Waals surface area contributed by atoms with Gasteiger partial charge in [-0.2, -0.15) is 0 Å². The Morgan fingerprint density at radius 2 is 1.86 bits per heavy atom. The van der Waals surface area contributed by atoms with E-state index in [1.54, 1.807) is 4.90 Å². The van der Waals surface area contributed by atoms with E-state index < -0.39 is 6.17 Å². The van der Waals surface area contributed by atoms with E-state index in [-0.39, 0.29) is 11.7 Å². The van der Waals surface area contributed by atoms with E-state index in [0.717, 1.165) is 38.4 Å². The monoisotopic (exact) mass is 287 g/mol. The molecule has 5 heteroatoms. The second-order valence-corrected chi connectivity index (χ2v) is 5.61. The quantitative estimate of drug-likeness (QED) is 0.820. The van der Waals surface area contributed by atoms with Crippen LogP contribution in [0.15, 0.2) is 24.3 Å². The maximum absolute atomic E-state index is 12.7. The predicted molar refractivity (Wildman–Crippen MR) is 81.4 cm³/mol. The number of carbonyl (C=O) groups excluding carboxylic acids is 2. The van der Waals surface area contributed by atoms with E-state index in [1.165, 1.54) is 6.92 Å². The second kappa shape index (κ2) is 5.58. The molecule has 5 nitrogen and oxygen atoms in total. The van der Waals surface area contributed by atoms with Crippen LogP contribution in [-0.4, -0.2) is 60.4 Å². The average Bonchev–Trinajstić information content (AvgIpc) is 2.81. The van der Waals surface area contributed by atoms with Gasteiger partial charge in [-0.05, 0) is 18.7 Å². The number of hydrogen-bond acceptors (Lipinski definition) is 4. The topological polar surface area (TPSA) is 43.9 Å². The fourth-order valence-corrected chi connectivity index (χ4v) is 3.28. The number of likely N-dealkylation sites (N-methyl/N-ethyl adjacent to an activating group) is 1. The van der Waals surface area contributed by atoms with Gasteiger partial charge in [0.15, 0.2) is 6.17 Å². The van der Waals surface area contributed by atoms with E-state index in [0.29, 0.717) is 5.56 Å². The van der Waals surface area contributed by atoms with Crippen molar-refractivity contribution in [3.05, 3.63) is 29.8 Å². The molecule has 112 valence electrons. The number of hydrogen-bond donors (Lipinski definition) is 0. The number of piperazine rings is 1. The molecule has 0 bridgehead atoms. The van der Waals surface area contributed by atoms with Crippen LogP contribution in [-0.2, 0) is 4.79 Å². The van der Waals surface area contributed by atoms with Crippen molar-refractivity contribution in [1.29, 1.82) is 0 Å². The molecule has 2 aliphatic heterocycles. The minimum Gasteiger partial charge on any atom is -0.301 e. The van der Waals surface area contributed by atoms with Gasteiger partial charge in [-0.15, -0.1) is 0 Å². The molecule has 0 aliphatic carbocycles. The molecule has 3 rings (SSSR count). The number of para-hydroxylation sites is 1. The number of ketones is 1. The summed E-state index contributed by atoms with van der Waals surface area (Å²) in [7, 11) is 0. The highest BCUT2D eigenvalue weighted by atomic mass is 16.2. The summed E-state index contributed by atoms with van der Waals surface area (Å²) in [6.45, 7) is 8.25. The van der Waals surface area contributed by atoms with Gasteiger partial charge in [-0.25, -0.2) is 0 Å². The van der Waals surface area contributed by atoms with E-state index in [2.05, 4.69) is 16.7 Å². The standard InChI is InChI=1S/C16H21N3O2/c1-3-17-8-10-18(11-9-17)16-15(21)13-6-4-5-7-14(13)19(16)12(2)20/h4-7,16H,3,8-11H2,1-2H3. The van der Waals surface area contributed by atoms with Gasteiger partial charge in [0.25, 0.3) is 0 Å². The number of carbonyl (C=O) groups is 2. The SMILES string of the molecule is CCN1CCN(C2C(=O)c3ccccc3N2C(C)=O)CC1. The summed E-state index contributed by atoms with van der Waals surface area (Å²) in [6.07, 6.45) is -0.459. The second-order valence-electron chi connectivity index (χ2n) is 5.61. The lowest BCUT2D eigenvalue weighted by Gasteiger charge is -2.39. The Labute approximate surface area is 125 Å². The minimum atomic E-state index is -0.459. The van der Waals surface area contributed by atoms with Crippen molar-refractivity contribution in [3.8, 4) is 0 Å². The number of amides is 1. The van der Waals surface area contributed by atoms with Crippen LogP contribution in [0.4, 0.5) is 5.69 Å². The number of nitrogens with zero attached hydrogens (tertiary/aromatic N) is 3. The minimum absolute atomic E-state index is 0.0470. The summed E-state index contributed by atoms with van der Waals surface area (Å²) in [5.74, 6) is -0.0260. The van der Waals surface area contributed by atoms with E-state index >= 15 is 0 Å². The summed E-state index contributed by atoms with van der Waals surface area (Å²) in [4.78, 5) is 30.9. The van der Waals surface area contributed by atoms with Crippen molar-refractivity contribution >= 4 is 17.4 Å². The van der Waals surface area contributed by atoms with Gasteiger partial charge in [-0.3, -0.25) is 19.4 Å². The molecule has 1 amide bonds. The lowest BCUT2D eigenvalue weighted by molar-refractivity contribution is -0.117. The Kier molecular flexibility index (Phi) is 3.78. The van der Waals surface area contributed by atoms with Gasteiger partial charge >= 0.3 is 0 Å². The summed E-state index contributed by atoms with van der Waals surface area (Å²) in [5.41, 5.74) is 1.41. The summed E-state index contributed by atoms with van der Waals surface area (Å²) in [5, 5.41) is 0. The molecule has 21 heavy (non-hydrogen) atoms. The van der Waals surface area contributed by atoms with Crippen LogP contribution in [0.3, 0.4) is 0 Å². The third-order valence-corrected chi connectivity index (χ3v) is 4.45. The van der Waals surface area contributed by atoms with Crippen molar-refractivity contribution < 1.29 is 9.59 Å². The molecule has 0 saturated carbocycles. The van der Waals surface area contributed by atoms with Crippen LogP contribution in [0.2, 0.25) is 0 Å². The van der Waals surface area contributed by atoms with Gasteiger partial charge in [0, 0.05) is 38.7 Å². The van der Waals surface area contributed by atoms with Crippen molar-refractivity contribution in [2.75, 3.05) is 37.6 Å². The van der Waals surface area contributed by atoms with Gasteiger partial charge in [0.05, 0.1) is 5.69 Å². The van der Waals surface area contributed by atoms with Gasteiger partial charge in [-0.1, -0.05) is 19.1 Å². The molecule has 0 spiro atoms. The van der Waals surface area contributed by atoms with Crippen LogP contribution in [0.25, 0.3) is 0 Å². The summed E-state index contributed by atoms with van der Waals surface area (Å²) < 4.78 is 0. The Morgan fingerprint density at radius 1 is 1.19 bits per heavy atom. The Hall–Kier alpha value is -1.72. The first kappa shape index (κ1) is 14.2. The van der Waals surface area contributed by atoms with Crippen molar-refractivity contribution in [1.82, 2.24) is 9.80 Å². The van der Waals surface area contributed by atoms with Crippen LogP contribution in [0.1, 0.15) is 24.2 Å². The molecule has 1 saturated heterocycles. The molecule has 1 aromatic carbocycles. The molecule has 1 fully saturated rings. The Morgan fingerprint density at radius 3 is 2.48 bits per heavy atom. The molecule has 1 aromatic rings. The molecule has 0 N–H and O–H groups in total. The molecule has 0 radical (unpaired) electrons. The van der Waals surface area contributed by atoms with Crippen molar-refractivity contribution in [3.63, 3.8) is 0 Å². The van der Waals surface area contributed by atoms with Crippen molar-refractivity contribution in [2.45, 2.75) is 20.0 Å². The smallest absolute Gasteiger partial charge is 0.225 e. The molecule has 2 heterocycles. The number of anilines is 1. The first-order valence-corrected chi connectivity index (χ1v) is 7.53. The van der Waals surface area contributed by atoms with Crippen LogP contribution < -0.4 is 4.90 Å². The fraction of sp³-hybridized carbons (Fsp3) is 0.500.